The van der Waals surface area contributed by atoms with Gasteiger partial charge in [0.15, 0.2) is 0 Å². The molecule has 0 atom stereocenters. The molecule has 0 saturated heterocycles. The van der Waals surface area contributed by atoms with Crippen LogP contribution in [0.5, 0.6) is 0 Å². The summed E-state index contributed by atoms with van der Waals surface area (Å²) < 4.78 is 0. The van der Waals surface area contributed by atoms with Crippen molar-refractivity contribution in [3.05, 3.63) is 170 Å². The second-order valence-electron chi connectivity index (χ2n) is 8.93. The van der Waals surface area contributed by atoms with Crippen molar-refractivity contribution in [1.29, 1.82) is 0 Å². The van der Waals surface area contributed by atoms with Crippen LogP contribution in [0.1, 0.15) is 49.9 Å². The van der Waals surface area contributed by atoms with Gasteiger partial charge in [0.25, 0.3) is 0 Å². The first kappa shape index (κ1) is 31.7. The van der Waals surface area contributed by atoms with E-state index in [1.807, 2.05) is 68.5 Å². The topological polar surface area (TPSA) is 0 Å². The quantitative estimate of drug-likeness (QED) is 0.182. The van der Waals surface area contributed by atoms with Crippen LogP contribution in [0.3, 0.4) is 0 Å². The van der Waals surface area contributed by atoms with Gasteiger partial charge >= 0.3 is 237 Å². The zero-order valence-electron chi connectivity index (χ0n) is 24.4. The van der Waals surface area contributed by atoms with Crippen molar-refractivity contribution in [3.63, 3.8) is 0 Å². The molecule has 40 heavy (non-hydrogen) atoms. The first-order valence-electron chi connectivity index (χ1n) is 13.5. The molecule has 199 valence electrons. The molecule has 0 amide bonds. The number of benzene rings is 2. The maximum absolute atomic E-state index is 5.80. The van der Waals surface area contributed by atoms with E-state index in [9.17, 15) is 0 Å². The summed E-state index contributed by atoms with van der Waals surface area (Å²) in [5.41, 5.74) is 10.8. The fourth-order valence-corrected chi connectivity index (χ4v) is 4.52. The molecule has 0 saturated carbocycles. The molecule has 0 fully saturated rings. The van der Waals surface area contributed by atoms with E-state index < -0.39 is 0 Å². The monoisotopic (exact) mass is 519 g/mol. The Morgan fingerprint density at radius 1 is 0.700 bits per heavy atom. The molecule has 0 spiro atoms. The first-order chi connectivity index (χ1) is 19.5. The summed E-state index contributed by atoms with van der Waals surface area (Å²) in [4.78, 5) is 0. The van der Waals surface area contributed by atoms with Gasteiger partial charge in [-0.05, 0) is 6.92 Å². The zero-order chi connectivity index (χ0) is 29.3. The Morgan fingerprint density at radius 2 is 1.35 bits per heavy atom. The van der Waals surface area contributed by atoms with E-state index in [1.54, 1.807) is 12.0 Å². The van der Waals surface area contributed by atoms with E-state index in [1.165, 1.54) is 0 Å². The fourth-order valence-electron chi connectivity index (χ4n) is 4.52. The molecule has 0 aromatic heterocycles. The number of hydrogen-bond donors (Lipinski definition) is 0. The van der Waals surface area contributed by atoms with E-state index in [4.69, 9.17) is 7.49 Å². The van der Waals surface area contributed by atoms with Gasteiger partial charge in [-0.25, -0.2) is 0 Å². The molecular weight excluding hydrogens is 479 g/mol. The minimum absolute atomic E-state index is 1.02. The molecule has 2 aromatic carbocycles. The molecule has 0 aliphatic carbocycles. The summed E-state index contributed by atoms with van der Waals surface area (Å²) in [6, 6.07) is 12.8. The van der Waals surface area contributed by atoms with Gasteiger partial charge in [-0.15, -0.1) is 0 Å². The van der Waals surface area contributed by atoms with Crippen LogP contribution in [0.25, 0.3) is 33.4 Å². The Labute approximate surface area is 243 Å². The average Bonchev–Trinajstić information content (AvgIpc) is 2.99. The summed E-state index contributed by atoms with van der Waals surface area (Å²) in [5, 5.41) is 0. The second-order valence-corrected chi connectivity index (χ2v) is 8.93. The van der Waals surface area contributed by atoms with Gasteiger partial charge in [0.2, 0.25) is 0 Å². The van der Waals surface area contributed by atoms with E-state index in [-0.39, 0.29) is 0 Å². The van der Waals surface area contributed by atoms with E-state index in [2.05, 4.69) is 100 Å². The molecule has 0 aliphatic heterocycles. The first-order valence-corrected chi connectivity index (χ1v) is 13.5. The summed E-state index contributed by atoms with van der Waals surface area (Å²) in [6.45, 7) is 20.5. The molecule has 2 rings (SSSR count). The van der Waals surface area contributed by atoms with Crippen molar-refractivity contribution in [2.24, 2.45) is 0 Å². The van der Waals surface area contributed by atoms with Gasteiger partial charge in [-0.3, -0.25) is 0 Å². The molecule has 2 aromatic rings. The summed E-state index contributed by atoms with van der Waals surface area (Å²) in [6.07, 6.45) is 30.2. The molecule has 0 bridgehead atoms. The van der Waals surface area contributed by atoms with Crippen LogP contribution < -0.4 is 0 Å². The predicted molar refractivity (Wildman–Crippen MR) is 185 cm³/mol. The zero-order valence-corrected chi connectivity index (χ0v) is 24.4. The second kappa shape index (κ2) is 17.2. The molecule has 0 N–H and O–H groups in total. The van der Waals surface area contributed by atoms with Gasteiger partial charge in [0, 0.05) is 0 Å². The van der Waals surface area contributed by atoms with Crippen molar-refractivity contribution >= 4 is 35.7 Å². The van der Waals surface area contributed by atoms with Gasteiger partial charge in [0.05, 0.1) is 0 Å². The van der Waals surface area contributed by atoms with Crippen LogP contribution in [-0.2, 0) is 0 Å². The fraction of sp³-hybridized carbons (Fsp3) is 0.103. The van der Waals surface area contributed by atoms with E-state index in [0.717, 1.165) is 55.7 Å². The molecule has 0 unspecified atom stereocenters. The third-order valence-electron chi connectivity index (χ3n) is 6.36. The van der Waals surface area contributed by atoms with Crippen LogP contribution in [0.15, 0.2) is 147 Å². The molecule has 1 heteroatoms. The Bertz CT molecular complexity index is 1460. The number of hydrogen-bond acceptors (Lipinski definition) is 0. The number of rotatable bonds is 13. The van der Waals surface area contributed by atoms with Gasteiger partial charge in [-0.1, -0.05) is 0 Å². The van der Waals surface area contributed by atoms with Crippen LogP contribution in [0.2, 0.25) is 0 Å². The standard InChI is InChI=1S/C39H40B/c1-8-14-18-22-30(7)37-38(32(12-5)24-16-10-3)35(31(11-4)23-15-9-2)29-36(34-25-19-17-20-26-34)39(37)33(13-6)27-21-28-40/h8-29H,1,4-5H2,2-3,6-7H3/b15-9-,16-10-,18-14-,27-21-,30-22+,31-23+,32-24+,33-13+. The molecule has 0 aliphatic rings. The predicted octanol–water partition coefficient (Wildman–Crippen LogP) is 10.7. The van der Waals surface area contributed by atoms with Crippen LogP contribution in [0.4, 0.5) is 0 Å². The van der Waals surface area contributed by atoms with Crippen LogP contribution in [0, 0.1) is 0 Å². The average molecular weight is 520 g/mol. The third kappa shape index (κ3) is 8.01. The normalized spacial score (nSPS) is 13.6. The summed E-state index contributed by atoms with van der Waals surface area (Å²) >= 11 is 0. The Hall–Kier alpha value is -4.49. The van der Waals surface area contributed by atoms with Crippen molar-refractivity contribution in [1.82, 2.24) is 0 Å². The molecular formula is C39H40B. The Morgan fingerprint density at radius 3 is 1.90 bits per heavy atom. The van der Waals surface area contributed by atoms with Crippen LogP contribution in [-0.4, -0.2) is 13.5 Å². The molecule has 0 heterocycles. The maximum atomic E-state index is 5.80. The molecule has 0 nitrogen and oxygen atoms in total. The summed E-state index contributed by atoms with van der Waals surface area (Å²) in [7, 11) is 5.80. The van der Waals surface area contributed by atoms with Gasteiger partial charge < -0.3 is 0 Å². The van der Waals surface area contributed by atoms with Gasteiger partial charge in [-0.2, -0.15) is 0 Å². The third-order valence-corrected chi connectivity index (χ3v) is 6.36. The van der Waals surface area contributed by atoms with Crippen LogP contribution >= 0.6 is 0 Å². The van der Waals surface area contributed by atoms with E-state index >= 15 is 0 Å². The summed E-state index contributed by atoms with van der Waals surface area (Å²) in [5.74, 6) is 1.56. The van der Waals surface area contributed by atoms with Gasteiger partial charge in [0.1, 0.15) is 0 Å². The van der Waals surface area contributed by atoms with E-state index in [0.29, 0.717) is 0 Å². The molecule has 1 radical (unpaired) electrons. The Balaban J connectivity index is 3.44. The van der Waals surface area contributed by atoms with Crippen molar-refractivity contribution in [3.8, 4) is 11.1 Å². The van der Waals surface area contributed by atoms with Crippen molar-refractivity contribution in [2.45, 2.75) is 27.7 Å². The van der Waals surface area contributed by atoms with Crippen molar-refractivity contribution in [2.75, 3.05) is 0 Å². The SMILES string of the molecule is [B]=C/C=C\C(=C/C)c1c(-c2ccccc2)cc(/C(C=C)=C/C=C\C)c(/C(C=C)=C/C=C\C)c1/C(C)=C/C=C\C=C. The minimum atomic E-state index is 1.02. The Kier molecular flexibility index (Phi) is 13.6. The number of allylic oxidation sites excluding steroid dienone is 19. The van der Waals surface area contributed by atoms with Crippen molar-refractivity contribution < 1.29 is 0 Å².